The second-order valence-electron chi connectivity index (χ2n) is 7.06. The van der Waals surface area contributed by atoms with Crippen molar-refractivity contribution in [1.29, 1.82) is 0 Å². The van der Waals surface area contributed by atoms with Gasteiger partial charge in [-0.15, -0.1) is 5.10 Å². The molecule has 8 nitrogen and oxygen atoms in total. The van der Waals surface area contributed by atoms with E-state index in [1.807, 2.05) is 36.5 Å². The molecule has 0 spiro atoms. The molecule has 2 aromatic heterocycles. The SMILES string of the molecule is CN1CCN(CCCc2cn3nc(Nc4ccccc4)nc3c(N)n2)CC1. The standard InChI is InChI=1S/C19H26N8/c1-25-10-12-26(13-11-25)9-5-8-16-14-27-18(17(20)21-16)23-19(24-27)22-15-6-3-2-4-7-15/h2-4,6-7,14H,5,8-13H2,1H3,(H2,20,21)(H,22,24). The van der Waals surface area contributed by atoms with Crippen LogP contribution in [-0.2, 0) is 6.42 Å². The van der Waals surface area contributed by atoms with E-state index in [0.29, 0.717) is 17.4 Å². The Balaban J connectivity index is 1.40. The zero-order valence-electron chi connectivity index (χ0n) is 15.7. The lowest BCUT2D eigenvalue weighted by atomic mass is 10.2. The van der Waals surface area contributed by atoms with Crippen molar-refractivity contribution in [3.63, 3.8) is 0 Å². The summed E-state index contributed by atoms with van der Waals surface area (Å²) in [5, 5.41) is 7.69. The van der Waals surface area contributed by atoms with E-state index in [1.165, 1.54) is 0 Å². The first-order chi connectivity index (χ1) is 13.2. The number of piperazine rings is 1. The number of nitrogens with one attached hydrogen (secondary N) is 1. The van der Waals surface area contributed by atoms with E-state index in [4.69, 9.17) is 5.73 Å². The van der Waals surface area contributed by atoms with Gasteiger partial charge in [0.05, 0.1) is 11.9 Å². The number of anilines is 3. The molecule has 1 aromatic carbocycles. The number of nitrogens with zero attached hydrogens (tertiary/aromatic N) is 6. The molecular formula is C19H26N8. The quantitative estimate of drug-likeness (QED) is 0.685. The fourth-order valence-electron chi connectivity index (χ4n) is 3.34. The molecule has 0 radical (unpaired) electrons. The Morgan fingerprint density at radius 3 is 2.63 bits per heavy atom. The Bertz CT molecular complexity index is 883. The molecule has 8 heteroatoms. The number of nitrogen functional groups attached to an aromatic ring is 1. The average molecular weight is 366 g/mol. The van der Waals surface area contributed by atoms with Crippen molar-refractivity contribution in [1.82, 2.24) is 29.4 Å². The number of hydrogen-bond donors (Lipinski definition) is 2. The van der Waals surface area contributed by atoms with Gasteiger partial charge in [0.1, 0.15) is 0 Å². The number of aromatic nitrogens is 4. The number of aryl methyl sites for hydroxylation is 1. The van der Waals surface area contributed by atoms with Gasteiger partial charge in [0.25, 0.3) is 0 Å². The maximum absolute atomic E-state index is 6.12. The molecule has 1 aliphatic rings. The molecule has 4 rings (SSSR count). The zero-order valence-corrected chi connectivity index (χ0v) is 15.7. The highest BCUT2D eigenvalue weighted by molar-refractivity contribution is 5.63. The van der Waals surface area contributed by atoms with Gasteiger partial charge >= 0.3 is 0 Å². The number of fused-ring (bicyclic) bond motifs is 1. The second-order valence-corrected chi connectivity index (χ2v) is 7.06. The van der Waals surface area contributed by atoms with Crippen molar-refractivity contribution in [2.45, 2.75) is 12.8 Å². The summed E-state index contributed by atoms with van der Waals surface area (Å²) in [6, 6.07) is 9.84. The molecule has 3 N–H and O–H groups in total. The van der Waals surface area contributed by atoms with Gasteiger partial charge in [0, 0.05) is 31.9 Å². The van der Waals surface area contributed by atoms with Crippen molar-refractivity contribution >= 4 is 23.1 Å². The number of nitrogens with two attached hydrogens (primary N) is 1. The smallest absolute Gasteiger partial charge is 0.247 e. The van der Waals surface area contributed by atoms with E-state index in [0.717, 1.165) is 56.9 Å². The topological polar surface area (TPSA) is 87.6 Å². The third-order valence-corrected chi connectivity index (χ3v) is 4.93. The van der Waals surface area contributed by atoms with Gasteiger partial charge in [-0.3, -0.25) is 0 Å². The fraction of sp³-hybridized carbons (Fsp3) is 0.421. The summed E-state index contributed by atoms with van der Waals surface area (Å²) in [6.45, 7) is 5.66. The van der Waals surface area contributed by atoms with Crippen LogP contribution < -0.4 is 11.1 Å². The Kier molecular flexibility index (Phi) is 5.17. The second kappa shape index (κ2) is 7.89. The molecule has 0 amide bonds. The number of likely N-dealkylation sites (N-methyl/N-ethyl adjacent to an activating group) is 1. The molecule has 0 saturated carbocycles. The molecule has 142 valence electrons. The lowest BCUT2D eigenvalue weighted by Crippen LogP contribution is -2.44. The third kappa shape index (κ3) is 4.35. The van der Waals surface area contributed by atoms with Crippen LogP contribution in [0.2, 0.25) is 0 Å². The lowest BCUT2D eigenvalue weighted by Gasteiger charge is -2.32. The minimum Gasteiger partial charge on any atom is -0.381 e. The highest BCUT2D eigenvalue weighted by atomic mass is 15.4. The van der Waals surface area contributed by atoms with Crippen molar-refractivity contribution in [3.8, 4) is 0 Å². The van der Waals surface area contributed by atoms with Gasteiger partial charge in [-0.05, 0) is 38.6 Å². The minimum absolute atomic E-state index is 0.417. The summed E-state index contributed by atoms with van der Waals surface area (Å²) in [6.07, 6.45) is 3.87. The van der Waals surface area contributed by atoms with E-state index in [2.05, 4.69) is 37.2 Å². The van der Waals surface area contributed by atoms with Crippen LogP contribution in [0.4, 0.5) is 17.5 Å². The Morgan fingerprint density at radius 2 is 1.85 bits per heavy atom. The summed E-state index contributed by atoms with van der Waals surface area (Å²) in [5.74, 6) is 0.935. The van der Waals surface area contributed by atoms with Crippen LogP contribution in [0.1, 0.15) is 12.1 Å². The fourth-order valence-corrected chi connectivity index (χ4v) is 3.34. The minimum atomic E-state index is 0.417. The third-order valence-electron chi connectivity index (χ3n) is 4.93. The molecule has 0 aliphatic carbocycles. The molecule has 3 aromatic rings. The normalized spacial score (nSPS) is 16.0. The number of rotatable bonds is 6. The summed E-state index contributed by atoms with van der Waals surface area (Å²) < 4.78 is 1.72. The van der Waals surface area contributed by atoms with Crippen LogP contribution in [0, 0.1) is 0 Å². The highest BCUT2D eigenvalue weighted by Crippen LogP contribution is 2.17. The van der Waals surface area contributed by atoms with E-state index in [-0.39, 0.29) is 0 Å². The number of para-hydroxylation sites is 1. The van der Waals surface area contributed by atoms with Crippen LogP contribution in [0.5, 0.6) is 0 Å². The molecule has 27 heavy (non-hydrogen) atoms. The van der Waals surface area contributed by atoms with Crippen molar-refractivity contribution in [2.75, 3.05) is 50.8 Å². The van der Waals surface area contributed by atoms with E-state index in [9.17, 15) is 0 Å². The van der Waals surface area contributed by atoms with Crippen molar-refractivity contribution < 1.29 is 0 Å². The molecule has 0 bridgehead atoms. The van der Waals surface area contributed by atoms with Gasteiger partial charge in [-0.25, -0.2) is 9.50 Å². The average Bonchev–Trinajstić information content (AvgIpc) is 3.07. The molecule has 0 atom stereocenters. The predicted octanol–water partition coefficient (Wildman–Crippen LogP) is 1.63. The first kappa shape index (κ1) is 17.7. The summed E-state index contributed by atoms with van der Waals surface area (Å²) in [5.41, 5.74) is 8.58. The molecule has 1 fully saturated rings. The molecule has 3 heterocycles. The lowest BCUT2D eigenvalue weighted by molar-refractivity contribution is 0.153. The Morgan fingerprint density at radius 1 is 1.07 bits per heavy atom. The van der Waals surface area contributed by atoms with Crippen LogP contribution in [0.25, 0.3) is 5.65 Å². The monoisotopic (exact) mass is 366 g/mol. The zero-order chi connectivity index (χ0) is 18.6. The maximum Gasteiger partial charge on any atom is 0.247 e. The molecule has 0 unspecified atom stereocenters. The predicted molar refractivity (Wildman–Crippen MR) is 107 cm³/mol. The summed E-state index contributed by atoms with van der Waals surface area (Å²) in [4.78, 5) is 13.9. The summed E-state index contributed by atoms with van der Waals surface area (Å²) in [7, 11) is 2.18. The van der Waals surface area contributed by atoms with E-state index >= 15 is 0 Å². The molecular weight excluding hydrogens is 340 g/mol. The van der Waals surface area contributed by atoms with Crippen LogP contribution in [0.15, 0.2) is 36.5 Å². The maximum atomic E-state index is 6.12. The van der Waals surface area contributed by atoms with Crippen molar-refractivity contribution in [2.24, 2.45) is 0 Å². The van der Waals surface area contributed by atoms with Crippen molar-refractivity contribution in [3.05, 3.63) is 42.2 Å². The largest absolute Gasteiger partial charge is 0.381 e. The van der Waals surface area contributed by atoms with E-state index in [1.54, 1.807) is 4.52 Å². The Labute approximate surface area is 159 Å². The van der Waals surface area contributed by atoms with Crippen LogP contribution >= 0.6 is 0 Å². The van der Waals surface area contributed by atoms with Gasteiger partial charge < -0.3 is 20.9 Å². The first-order valence-corrected chi connectivity index (χ1v) is 9.42. The molecule has 1 saturated heterocycles. The molecule has 1 aliphatic heterocycles. The summed E-state index contributed by atoms with van der Waals surface area (Å²) >= 11 is 0. The number of benzene rings is 1. The van der Waals surface area contributed by atoms with Gasteiger partial charge in [-0.1, -0.05) is 18.2 Å². The Hall–Kier alpha value is -2.71. The number of hydrogen-bond acceptors (Lipinski definition) is 7. The van der Waals surface area contributed by atoms with Gasteiger partial charge in [0.15, 0.2) is 11.5 Å². The van der Waals surface area contributed by atoms with Crippen LogP contribution in [-0.4, -0.2) is 69.2 Å². The first-order valence-electron chi connectivity index (χ1n) is 9.42. The van der Waals surface area contributed by atoms with Gasteiger partial charge in [0.2, 0.25) is 5.95 Å². The van der Waals surface area contributed by atoms with Gasteiger partial charge in [-0.2, -0.15) is 4.98 Å². The van der Waals surface area contributed by atoms with Crippen LogP contribution in [0.3, 0.4) is 0 Å². The highest BCUT2D eigenvalue weighted by Gasteiger charge is 2.14. The van der Waals surface area contributed by atoms with E-state index < -0.39 is 0 Å².